The first-order chi connectivity index (χ1) is 16.1. The topological polar surface area (TPSA) is 57.4 Å². The fourth-order valence-electron chi connectivity index (χ4n) is 4.36. The van der Waals surface area contributed by atoms with E-state index in [0.29, 0.717) is 30.3 Å². The Kier molecular flexibility index (Phi) is 5.97. The van der Waals surface area contributed by atoms with Crippen molar-refractivity contribution < 1.29 is 9.53 Å². The molecule has 0 unspecified atom stereocenters. The summed E-state index contributed by atoms with van der Waals surface area (Å²) in [5.74, 6) is 0.991. The van der Waals surface area contributed by atoms with Crippen molar-refractivity contribution in [1.29, 1.82) is 0 Å². The van der Waals surface area contributed by atoms with Crippen molar-refractivity contribution in [2.24, 2.45) is 0 Å². The van der Waals surface area contributed by atoms with E-state index < -0.39 is 0 Å². The highest BCUT2D eigenvalue weighted by atomic mass is 35.5. The van der Waals surface area contributed by atoms with Gasteiger partial charge in [-0.2, -0.15) is 0 Å². The minimum Gasteiger partial charge on any atom is -0.492 e. The first-order valence-electron chi connectivity index (χ1n) is 11.2. The first kappa shape index (κ1) is 21.4. The van der Waals surface area contributed by atoms with Gasteiger partial charge in [0.15, 0.2) is 0 Å². The van der Waals surface area contributed by atoms with Gasteiger partial charge in [0.2, 0.25) is 0 Å². The van der Waals surface area contributed by atoms with Gasteiger partial charge in [0.25, 0.3) is 5.91 Å². The van der Waals surface area contributed by atoms with E-state index in [4.69, 9.17) is 16.3 Å². The quantitative estimate of drug-likeness (QED) is 0.344. The van der Waals surface area contributed by atoms with Crippen molar-refractivity contribution >= 4 is 39.8 Å². The Hall–Kier alpha value is -3.44. The van der Waals surface area contributed by atoms with E-state index in [0.717, 1.165) is 39.8 Å². The summed E-state index contributed by atoms with van der Waals surface area (Å²) in [5, 5.41) is 4.63. The fraction of sp³-hybridized carbons (Fsp3) is 0.222. The average molecular weight is 460 g/mol. The molecule has 0 bridgehead atoms. The average Bonchev–Trinajstić information content (AvgIpc) is 3.24. The van der Waals surface area contributed by atoms with E-state index in [1.54, 1.807) is 0 Å². The number of ether oxygens (including phenoxy) is 1. The SMILES string of the molecule is C[C@H]1CCN(C(=O)c2ccc(-c3ccc4[nH]ccc4c3)c(OCCCl)c2)c2ccccc2N1. The number of nitrogens with zero attached hydrogens (tertiary/aromatic N) is 1. The number of H-pyrrole nitrogens is 1. The summed E-state index contributed by atoms with van der Waals surface area (Å²) in [6, 6.07) is 22.2. The third-order valence-corrected chi connectivity index (χ3v) is 6.21. The molecule has 0 aliphatic carbocycles. The maximum atomic E-state index is 13.6. The van der Waals surface area contributed by atoms with Crippen molar-refractivity contribution in [2.45, 2.75) is 19.4 Å². The number of aromatic amines is 1. The predicted molar refractivity (Wildman–Crippen MR) is 136 cm³/mol. The molecule has 6 heteroatoms. The van der Waals surface area contributed by atoms with Gasteiger partial charge in [-0.15, -0.1) is 11.6 Å². The number of para-hydroxylation sites is 2. The summed E-state index contributed by atoms with van der Waals surface area (Å²) in [6.07, 6.45) is 2.79. The molecule has 1 aromatic heterocycles. The number of hydrogen-bond donors (Lipinski definition) is 2. The van der Waals surface area contributed by atoms with E-state index in [1.807, 2.05) is 59.6 Å². The number of alkyl halides is 1. The molecule has 2 heterocycles. The van der Waals surface area contributed by atoms with Crippen LogP contribution < -0.4 is 15.0 Å². The number of aromatic nitrogens is 1. The Morgan fingerprint density at radius 2 is 2.00 bits per heavy atom. The van der Waals surface area contributed by atoms with Gasteiger partial charge in [0.1, 0.15) is 12.4 Å². The number of rotatable bonds is 5. The number of hydrogen-bond acceptors (Lipinski definition) is 3. The first-order valence-corrected chi connectivity index (χ1v) is 11.8. The Bertz CT molecular complexity index is 1300. The molecular formula is C27H26ClN3O2. The molecule has 33 heavy (non-hydrogen) atoms. The Morgan fingerprint density at radius 1 is 1.12 bits per heavy atom. The Labute approximate surface area is 198 Å². The van der Waals surface area contributed by atoms with Gasteiger partial charge in [-0.25, -0.2) is 0 Å². The third-order valence-electron chi connectivity index (χ3n) is 6.06. The van der Waals surface area contributed by atoms with Crippen LogP contribution in [0.4, 0.5) is 11.4 Å². The summed E-state index contributed by atoms with van der Waals surface area (Å²) in [6.45, 7) is 3.15. The van der Waals surface area contributed by atoms with Crippen molar-refractivity contribution in [3.8, 4) is 16.9 Å². The highest BCUT2D eigenvalue weighted by Gasteiger charge is 2.25. The van der Waals surface area contributed by atoms with Crippen LogP contribution >= 0.6 is 11.6 Å². The van der Waals surface area contributed by atoms with Crippen LogP contribution in [0.5, 0.6) is 5.75 Å². The summed E-state index contributed by atoms with van der Waals surface area (Å²) in [5.41, 5.74) is 5.52. The molecule has 168 valence electrons. The molecule has 4 aromatic rings. The van der Waals surface area contributed by atoms with Crippen LogP contribution in [-0.4, -0.2) is 36.0 Å². The van der Waals surface area contributed by atoms with Crippen LogP contribution in [0.2, 0.25) is 0 Å². The van der Waals surface area contributed by atoms with Crippen LogP contribution in [0, 0.1) is 0 Å². The molecule has 2 N–H and O–H groups in total. The number of fused-ring (bicyclic) bond motifs is 2. The smallest absolute Gasteiger partial charge is 0.258 e. The highest BCUT2D eigenvalue weighted by Crippen LogP contribution is 2.35. The lowest BCUT2D eigenvalue weighted by molar-refractivity contribution is 0.0986. The predicted octanol–water partition coefficient (Wildman–Crippen LogP) is 6.30. The molecule has 1 amide bonds. The molecular weight excluding hydrogens is 434 g/mol. The largest absolute Gasteiger partial charge is 0.492 e. The molecule has 0 radical (unpaired) electrons. The summed E-state index contributed by atoms with van der Waals surface area (Å²) < 4.78 is 6.00. The van der Waals surface area contributed by atoms with E-state index in [-0.39, 0.29) is 11.9 Å². The standard InChI is InChI=1S/C27H26ClN3O2/c1-18-11-14-31(25-5-3-2-4-24(25)30-18)27(32)21-6-8-22(26(17-21)33-15-12-28)19-7-9-23-20(16-19)10-13-29-23/h2-10,13,16-18,29-30H,11-12,14-15H2,1H3/t18-/m0/s1. The minimum atomic E-state index is -0.0401. The fourth-order valence-corrected chi connectivity index (χ4v) is 4.44. The second kappa shape index (κ2) is 9.20. The molecule has 5 rings (SSSR count). The maximum Gasteiger partial charge on any atom is 0.258 e. The monoisotopic (exact) mass is 459 g/mol. The zero-order valence-corrected chi connectivity index (χ0v) is 19.2. The number of amides is 1. The maximum absolute atomic E-state index is 13.6. The molecule has 1 aliphatic rings. The number of carbonyl (C=O) groups excluding carboxylic acids is 1. The van der Waals surface area contributed by atoms with Gasteiger partial charge >= 0.3 is 0 Å². The van der Waals surface area contributed by atoms with Gasteiger partial charge in [0.05, 0.1) is 17.3 Å². The Morgan fingerprint density at radius 3 is 2.88 bits per heavy atom. The summed E-state index contributed by atoms with van der Waals surface area (Å²) in [4.78, 5) is 18.7. The molecule has 0 fully saturated rings. The second-order valence-electron chi connectivity index (χ2n) is 8.34. The van der Waals surface area contributed by atoms with Crippen molar-refractivity contribution in [3.05, 3.63) is 78.5 Å². The van der Waals surface area contributed by atoms with E-state index in [1.165, 1.54) is 0 Å². The van der Waals surface area contributed by atoms with Gasteiger partial charge in [0, 0.05) is 35.4 Å². The van der Waals surface area contributed by atoms with E-state index in [9.17, 15) is 4.79 Å². The van der Waals surface area contributed by atoms with Crippen molar-refractivity contribution in [2.75, 3.05) is 29.2 Å². The van der Waals surface area contributed by atoms with Crippen molar-refractivity contribution in [3.63, 3.8) is 0 Å². The minimum absolute atomic E-state index is 0.0401. The Balaban J connectivity index is 1.53. The van der Waals surface area contributed by atoms with Gasteiger partial charge in [-0.3, -0.25) is 4.79 Å². The zero-order chi connectivity index (χ0) is 22.8. The third kappa shape index (κ3) is 4.29. The lowest BCUT2D eigenvalue weighted by atomic mass is 10.0. The molecule has 0 spiro atoms. The van der Waals surface area contributed by atoms with Crippen molar-refractivity contribution in [1.82, 2.24) is 4.98 Å². The number of nitrogens with one attached hydrogen (secondary N) is 2. The van der Waals surface area contributed by atoms with Crippen LogP contribution in [0.1, 0.15) is 23.7 Å². The van der Waals surface area contributed by atoms with Gasteiger partial charge in [-0.1, -0.05) is 18.2 Å². The summed E-state index contributed by atoms with van der Waals surface area (Å²) in [7, 11) is 0. The molecule has 5 nitrogen and oxygen atoms in total. The summed E-state index contributed by atoms with van der Waals surface area (Å²) >= 11 is 5.91. The number of benzene rings is 3. The highest BCUT2D eigenvalue weighted by molar-refractivity contribution is 6.18. The van der Waals surface area contributed by atoms with Gasteiger partial charge < -0.3 is 19.9 Å². The van der Waals surface area contributed by atoms with E-state index in [2.05, 4.69) is 35.4 Å². The molecule has 0 saturated carbocycles. The van der Waals surface area contributed by atoms with Crippen LogP contribution in [0.15, 0.2) is 72.9 Å². The van der Waals surface area contributed by atoms with Gasteiger partial charge in [-0.05, 0) is 72.8 Å². The molecule has 3 aromatic carbocycles. The number of halogens is 1. The zero-order valence-electron chi connectivity index (χ0n) is 18.5. The number of anilines is 2. The van der Waals surface area contributed by atoms with Crippen LogP contribution in [-0.2, 0) is 0 Å². The lowest BCUT2D eigenvalue weighted by Crippen LogP contribution is -2.32. The normalized spacial score (nSPS) is 15.6. The van der Waals surface area contributed by atoms with Crippen LogP contribution in [0.25, 0.3) is 22.0 Å². The van der Waals surface area contributed by atoms with Crippen LogP contribution in [0.3, 0.4) is 0 Å². The second-order valence-corrected chi connectivity index (χ2v) is 8.71. The number of carbonyl (C=O) groups is 1. The molecule has 1 atom stereocenters. The molecule has 1 aliphatic heterocycles. The van der Waals surface area contributed by atoms with E-state index >= 15 is 0 Å². The lowest BCUT2D eigenvalue weighted by Gasteiger charge is -2.23. The molecule has 0 saturated heterocycles.